The molecule has 1 heterocycles. The van der Waals surface area contributed by atoms with Gasteiger partial charge in [0, 0.05) is 12.5 Å². The Balaban J connectivity index is 2.31. The standard InChI is InChI=1S/C14H18N4O3/c1-3-15-8(2)7-11(19)16-10-6-4-5-9-12(10)14(21)18-17-13(9)20/h4-6,8,15H,3,7H2,1-2H3,(H,16,19)(H,17,20)(H,18,21). The van der Waals surface area contributed by atoms with Crippen LogP contribution in [0.2, 0.25) is 0 Å². The second kappa shape index (κ2) is 6.36. The summed E-state index contributed by atoms with van der Waals surface area (Å²) in [5.74, 6) is -0.212. The number of nitrogens with one attached hydrogen (secondary N) is 4. The van der Waals surface area contributed by atoms with E-state index in [1.165, 1.54) is 0 Å². The van der Waals surface area contributed by atoms with E-state index in [0.717, 1.165) is 6.54 Å². The van der Waals surface area contributed by atoms with Crippen LogP contribution in [0.25, 0.3) is 10.8 Å². The Labute approximate surface area is 120 Å². The van der Waals surface area contributed by atoms with Crippen LogP contribution in [0.4, 0.5) is 5.69 Å². The first-order chi connectivity index (χ1) is 10.0. The lowest BCUT2D eigenvalue weighted by atomic mass is 10.1. The Morgan fingerprint density at radius 2 is 1.95 bits per heavy atom. The van der Waals surface area contributed by atoms with Gasteiger partial charge in [0.2, 0.25) is 5.91 Å². The molecule has 1 atom stereocenters. The van der Waals surface area contributed by atoms with Crippen molar-refractivity contribution in [2.45, 2.75) is 26.3 Å². The van der Waals surface area contributed by atoms with E-state index in [2.05, 4.69) is 20.8 Å². The number of benzene rings is 1. The number of aromatic nitrogens is 2. The summed E-state index contributed by atoms with van der Waals surface area (Å²) in [6.07, 6.45) is 0.283. The summed E-state index contributed by atoms with van der Waals surface area (Å²) in [5.41, 5.74) is -0.504. The van der Waals surface area contributed by atoms with Gasteiger partial charge in [-0.2, -0.15) is 0 Å². The summed E-state index contributed by atoms with van der Waals surface area (Å²) in [5, 5.41) is 10.8. The number of carbonyl (C=O) groups is 1. The van der Waals surface area contributed by atoms with Crippen LogP contribution < -0.4 is 21.8 Å². The number of carbonyl (C=O) groups excluding carboxylic acids is 1. The molecule has 0 saturated carbocycles. The zero-order valence-electron chi connectivity index (χ0n) is 11.9. The molecule has 1 aromatic heterocycles. The molecule has 4 N–H and O–H groups in total. The van der Waals surface area contributed by atoms with Crippen LogP contribution in [0.5, 0.6) is 0 Å². The minimum atomic E-state index is -0.444. The number of fused-ring (bicyclic) bond motifs is 1. The van der Waals surface area contributed by atoms with Gasteiger partial charge in [0.1, 0.15) is 0 Å². The SMILES string of the molecule is CCNC(C)CC(=O)Nc1cccc2c(=O)[nH][nH]c(=O)c12. The van der Waals surface area contributed by atoms with Crippen molar-refractivity contribution in [3.05, 3.63) is 38.9 Å². The fourth-order valence-corrected chi connectivity index (χ4v) is 2.23. The Morgan fingerprint density at radius 3 is 2.67 bits per heavy atom. The predicted octanol–water partition coefficient (Wildman–Crippen LogP) is 0.543. The summed E-state index contributed by atoms with van der Waals surface area (Å²) in [6.45, 7) is 4.65. The molecule has 2 rings (SSSR count). The van der Waals surface area contributed by atoms with Crippen molar-refractivity contribution in [2.75, 3.05) is 11.9 Å². The van der Waals surface area contributed by atoms with Gasteiger partial charge in [-0.3, -0.25) is 24.6 Å². The molecule has 0 fully saturated rings. The number of amides is 1. The van der Waals surface area contributed by atoms with Gasteiger partial charge in [0.05, 0.1) is 16.5 Å². The number of anilines is 1. The van der Waals surface area contributed by atoms with Crippen LogP contribution >= 0.6 is 0 Å². The number of hydrogen-bond acceptors (Lipinski definition) is 4. The summed E-state index contributed by atoms with van der Waals surface area (Å²) in [6, 6.07) is 4.81. The minimum Gasteiger partial charge on any atom is -0.325 e. The maximum absolute atomic E-state index is 12.0. The molecule has 0 saturated heterocycles. The third-order valence-corrected chi connectivity index (χ3v) is 3.14. The lowest BCUT2D eigenvalue weighted by Crippen LogP contribution is -2.30. The zero-order chi connectivity index (χ0) is 15.4. The summed E-state index contributed by atoms with van der Waals surface area (Å²) in [7, 11) is 0. The third-order valence-electron chi connectivity index (χ3n) is 3.14. The molecular weight excluding hydrogens is 272 g/mol. The van der Waals surface area contributed by atoms with Crippen LogP contribution in [0.1, 0.15) is 20.3 Å². The fraction of sp³-hybridized carbons (Fsp3) is 0.357. The first-order valence-corrected chi connectivity index (χ1v) is 6.79. The Bertz CT molecular complexity index is 763. The van der Waals surface area contributed by atoms with Crippen molar-refractivity contribution in [3.63, 3.8) is 0 Å². The summed E-state index contributed by atoms with van der Waals surface area (Å²) >= 11 is 0. The van der Waals surface area contributed by atoms with Gasteiger partial charge in [-0.15, -0.1) is 0 Å². The van der Waals surface area contributed by atoms with E-state index in [0.29, 0.717) is 5.69 Å². The molecule has 21 heavy (non-hydrogen) atoms. The Hall–Kier alpha value is -2.41. The van der Waals surface area contributed by atoms with Crippen LogP contribution in [-0.2, 0) is 4.79 Å². The van der Waals surface area contributed by atoms with E-state index in [1.807, 2.05) is 13.8 Å². The van der Waals surface area contributed by atoms with Crippen molar-refractivity contribution in [1.29, 1.82) is 0 Å². The van der Waals surface area contributed by atoms with Gasteiger partial charge >= 0.3 is 0 Å². The van der Waals surface area contributed by atoms with E-state index < -0.39 is 11.1 Å². The summed E-state index contributed by atoms with van der Waals surface area (Å²) in [4.78, 5) is 35.5. The lowest BCUT2D eigenvalue weighted by Gasteiger charge is -2.12. The highest BCUT2D eigenvalue weighted by Crippen LogP contribution is 2.17. The summed E-state index contributed by atoms with van der Waals surface area (Å²) < 4.78 is 0. The van der Waals surface area contributed by atoms with E-state index >= 15 is 0 Å². The first kappa shape index (κ1) is 15.0. The van der Waals surface area contributed by atoms with E-state index in [1.54, 1.807) is 18.2 Å². The predicted molar refractivity (Wildman–Crippen MR) is 81.6 cm³/mol. The Morgan fingerprint density at radius 1 is 1.24 bits per heavy atom. The number of hydrogen-bond donors (Lipinski definition) is 4. The van der Waals surface area contributed by atoms with Gasteiger partial charge in [-0.05, 0) is 25.6 Å². The average molecular weight is 290 g/mol. The smallest absolute Gasteiger partial charge is 0.272 e. The van der Waals surface area contributed by atoms with Crippen molar-refractivity contribution >= 4 is 22.4 Å². The molecule has 0 aliphatic rings. The molecule has 0 radical (unpaired) electrons. The maximum atomic E-state index is 12.0. The highest BCUT2D eigenvalue weighted by Gasteiger charge is 2.12. The van der Waals surface area contributed by atoms with Crippen molar-refractivity contribution in [2.24, 2.45) is 0 Å². The molecule has 7 nitrogen and oxygen atoms in total. The molecule has 0 aliphatic heterocycles. The lowest BCUT2D eigenvalue weighted by molar-refractivity contribution is -0.116. The number of aromatic amines is 2. The molecule has 0 spiro atoms. The highest BCUT2D eigenvalue weighted by molar-refractivity contribution is 6.01. The van der Waals surface area contributed by atoms with Gasteiger partial charge < -0.3 is 10.6 Å². The van der Waals surface area contributed by atoms with Crippen LogP contribution in [-0.4, -0.2) is 28.7 Å². The molecule has 7 heteroatoms. The highest BCUT2D eigenvalue weighted by atomic mass is 16.2. The molecular formula is C14H18N4O3. The maximum Gasteiger partial charge on any atom is 0.272 e. The molecule has 1 unspecified atom stereocenters. The van der Waals surface area contributed by atoms with Gasteiger partial charge in [0.15, 0.2) is 0 Å². The fourth-order valence-electron chi connectivity index (χ4n) is 2.23. The molecule has 112 valence electrons. The van der Waals surface area contributed by atoms with Gasteiger partial charge in [-0.25, -0.2) is 0 Å². The van der Waals surface area contributed by atoms with Crippen LogP contribution in [0, 0.1) is 0 Å². The first-order valence-electron chi connectivity index (χ1n) is 6.79. The Kier molecular flexibility index (Phi) is 4.54. The van der Waals surface area contributed by atoms with Gasteiger partial charge in [-0.1, -0.05) is 13.0 Å². The molecule has 0 bridgehead atoms. The molecule has 2 aromatic rings. The van der Waals surface area contributed by atoms with Gasteiger partial charge in [0.25, 0.3) is 11.1 Å². The van der Waals surface area contributed by atoms with E-state index in [9.17, 15) is 14.4 Å². The zero-order valence-corrected chi connectivity index (χ0v) is 11.9. The molecule has 1 amide bonds. The number of rotatable bonds is 5. The monoisotopic (exact) mass is 290 g/mol. The van der Waals surface area contributed by atoms with Crippen LogP contribution in [0.3, 0.4) is 0 Å². The van der Waals surface area contributed by atoms with Crippen molar-refractivity contribution < 1.29 is 4.79 Å². The average Bonchev–Trinajstić information content (AvgIpc) is 2.43. The topological polar surface area (TPSA) is 107 Å². The van der Waals surface area contributed by atoms with Crippen LogP contribution in [0.15, 0.2) is 27.8 Å². The van der Waals surface area contributed by atoms with E-state index in [4.69, 9.17) is 0 Å². The van der Waals surface area contributed by atoms with E-state index in [-0.39, 0.29) is 29.1 Å². The minimum absolute atomic E-state index is 0.0339. The second-order valence-corrected chi connectivity index (χ2v) is 4.85. The largest absolute Gasteiger partial charge is 0.325 e. The second-order valence-electron chi connectivity index (χ2n) is 4.85. The third kappa shape index (κ3) is 3.38. The quantitative estimate of drug-likeness (QED) is 0.645. The molecule has 1 aromatic carbocycles. The van der Waals surface area contributed by atoms with Crippen molar-refractivity contribution in [1.82, 2.24) is 15.5 Å². The number of H-pyrrole nitrogens is 2. The molecule has 0 aliphatic carbocycles. The van der Waals surface area contributed by atoms with Crippen molar-refractivity contribution in [3.8, 4) is 0 Å². The normalized spacial score (nSPS) is 12.3.